The summed E-state index contributed by atoms with van der Waals surface area (Å²) in [6.45, 7) is 0. The first kappa shape index (κ1) is 21.0. The van der Waals surface area contributed by atoms with Crippen LogP contribution in [-0.2, 0) is 21.0 Å². The van der Waals surface area contributed by atoms with E-state index in [1.807, 2.05) is 0 Å². The molecule has 0 saturated heterocycles. The summed E-state index contributed by atoms with van der Waals surface area (Å²) >= 11 is 6.66. The Balaban J connectivity index is 2.06. The lowest BCUT2D eigenvalue weighted by molar-refractivity contribution is -0.141. The number of sulfonamides is 1. The van der Waals surface area contributed by atoms with E-state index in [1.165, 1.54) is 0 Å². The average Bonchev–Trinajstić information content (AvgIpc) is 2.63. The number of hydrogen-bond donors (Lipinski definition) is 0. The second-order valence-electron chi connectivity index (χ2n) is 5.88. The van der Waals surface area contributed by atoms with E-state index < -0.39 is 32.8 Å². The summed E-state index contributed by atoms with van der Waals surface area (Å²) in [5.41, 5.74) is -0.655. The number of rotatable bonds is 3. The summed E-state index contributed by atoms with van der Waals surface area (Å²) in [6.07, 6.45) is -1.88. The van der Waals surface area contributed by atoms with Crippen LogP contribution in [0.15, 0.2) is 62.6 Å². The lowest BCUT2D eigenvalue weighted by Crippen LogP contribution is -2.34. The zero-order valence-corrected chi connectivity index (χ0v) is 17.8. The van der Waals surface area contributed by atoms with Crippen molar-refractivity contribution in [2.75, 3.05) is 0 Å². The van der Waals surface area contributed by atoms with Crippen molar-refractivity contribution >= 4 is 47.7 Å². The largest absolute Gasteiger partial charge is 0.433 e. The number of aromatic nitrogens is 1. The van der Waals surface area contributed by atoms with Crippen LogP contribution in [0, 0.1) is 0 Å². The fraction of sp³-hybridized carbons (Fsp3) is 0.176. The number of pyridine rings is 1. The Morgan fingerprint density at radius 1 is 1.14 bits per heavy atom. The van der Waals surface area contributed by atoms with Crippen molar-refractivity contribution in [2.24, 2.45) is 0 Å². The third-order valence-electron chi connectivity index (χ3n) is 4.03. The molecule has 2 heterocycles. The lowest BCUT2D eigenvalue weighted by atomic mass is 9.99. The molecule has 5 nitrogen and oxygen atoms in total. The molecule has 0 aliphatic carbocycles. The number of nitrogens with zero attached hydrogens (tertiary/aromatic N) is 2. The smallest absolute Gasteiger partial charge is 0.295 e. The Morgan fingerprint density at radius 2 is 1.86 bits per heavy atom. The van der Waals surface area contributed by atoms with Gasteiger partial charge in [0.1, 0.15) is 10.6 Å². The van der Waals surface area contributed by atoms with Crippen LogP contribution in [0.1, 0.15) is 23.7 Å². The van der Waals surface area contributed by atoms with Crippen molar-refractivity contribution in [3.05, 3.63) is 69.0 Å². The van der Waals surface area contributed by atoms with Crippen LogP contribution in [-0.4, -0.2) is 23.5 Å². The first-order valence-electron chi connectivity index (χ1n) is 7.73. The van der Waals surface area contributed by atoms with Crippen molar-refractivity contribution in [1.82, 2.24) is 9.29 Å². The summed E-state index contributed by atoms with van der Waals surface area (Å²) in [4.78, 5) is 14.7. The number of carbonyl (C=O) groups excluding carboxylic acids is 1. The van der Waals surface area contributed by atoms with Gasteiger partial charge in [-0.3, -0.25) is 14.1 Å². The first-order valence-corrected chi connectivity index (χ1v) is 10.8. The second-order valence-corrected chi connectivity index (χ2v) is 9.49. The molecule has 148 valence electrons. The van der Waals surface area contributed by atoms with Gasteiger partial charge >= 0.3 is 6.18 Å². The summed E-state index contributed by atoms with van der Waals surface area (Å²) in [5, 5.41) is 0. The highest BCUT2D eigenvalue weighted by Gasteiger charge is 2.36. The number of benzene rings is 1. The van der Waals surface area contributed by atoms with Gasteiger partial charge in [0.2, 0.25) is 0 Å². The van der Waals surface area contributed by atoms with Gasteiger partial charge in [0, 0.05) is 27.8 Å². The molecule has 0 bridgehead atoms. The molecule has 1 aliphatic heterocycles. The molecule has 0 radical (unpaired) electrons. The molecule has 0 fully saturated rings. The van der Waals surface area contributed by atoms with Crippen molar-refractivity contribution in [1.29, 1.82) is 0 Å². The number of ketones is 1. The summed E-state index contributed by atoms with van der Waals surface area (Å²) < 4.78 is 66.4. The maximum absolute atomic E-state index is 13.0. The van der Waals surface area contributed by atoms with Gasteiger partial charge < -0.3 is 0 Å². The zero-order valence-electron chi connectivity index (χ0n) is 13.8. The highest BCUT2D eigenvalue weighted by molar-refractivity contribution is 9.11. The topological polar surface area (TPSA) is 67.3 Å². The Hall–Kier alpha value is -1.72. The molecule has 3 rings (SSSR count). The van der Waals surface area contributed by atoms with Gasteiger partial charge in [-0.2, -0.15) is 13.2 Å². The second kappa shape index (κ2) is 7.60. The molecule has 1 aliphatic rings. The molecule has 0 saturated carbocycles. The molecule has 11 heteroatoms. The number of carbonyl (C=O) groups is 1. The third kappa shape index (κ3) is 4.15. The predicted molar refractivity (Wildman–Crippen MR) is 102 cm³/mol. The molecule has 0 amide bonds. The van der Waals surface area contributed by atoms with E-state index in [1.54, 1.807) is 18.2 Å². The number of halogens is 5. The number of hydrogen-bond acceptors (Lipinski definition) is 4. The molecular formula is C17H11Br2F3N2O3S. The van der Waals surface area contributed by atoms with Gasteiger partial charge in [-0.25, -0.2) is 8.42 Å². The van der Waals surface area contributed by atoms with Gasteiger partial charge in [0.25, 0.3) is 10.0 Å². The Kier molecular flexibility index (Phi) is 5.70. The van der Waals surface area contributed by atoms with E-state index in [9.17, 15) is 26.4 Å². The van der Waals surface area contributed by atoms with E-state index in [2.05, 4.69) is 36.8 Å². The van der Waals surface area contributed by atoms with Crippen LogP contribution in [0.25, 0.3) is 0 Å². The third-order valence-corrected chi connectivity index (χ3v) is 7.01. The van der Waals surface area contributed by atoms with E-state index in [0.29, 0.717) is 26.8 Å². The summed E-state index contributed by atoms with van der Waals surface area (Å²) in [7, 11) is -4.25. The fourth-order valence-electron chi connectivity index (χ4n) is 2.70. The van der Waals surface area contributed by atoms with Crippen LogP contribution in [0.5, 0.6) is 0 Å². The van der Waals surface area contributed by atoms with Crippen LogP contribution >= 0.6 is 31.9 Å². The minimum Gasteiger partial charge on any atom is -0.295 e. The quantitative estimate of drug-likeness (QED) is 0.559. The Bertz CT molecular complexity index is 1050. The molecule has 1 aromatic carbocycles. The average molecular weight is 540 g/mol. The molecule has 1 atom stereocenters. The van der Waals surface area contributed by atoms with Crippen LogP contribution in [0.4, 0.5) is 13.2 Å². The van der Waals surface area contributed by atoms with Gasteiger partial charge in [-0.05, 0) is 42.0 Å². The molecular weight excluding hydrogens is 529 g/mol. The lowest BCUT2D eigenvalue weighted by Gasteiger charge is -2.32. The number of alkyl halides is 3. The molecule has 28 heavy (non-hydrogen) atoms. The maximum Gasteiger partial charge on any atom is 0.433 e. The highest BCUT2D eigenvalue weighted by atomic mass is 79.9. The normalized spacial score (nSPS) is 17.8. The van der Waals surface area contributed by atoms with E-state index in [0.717, 1.165) is 22.6 Å². The van der Waals surface area contributed by atoms with Gasteiger partial charge in [0.15, 0.2) is 5.78 Å². The Labute approximate surface area is 175 Å². The molecule has 0 N–H and O–H groups in total. The summed E-state index contributed by atoms with van der Waals surface area (Å²) in [6, 6.07) is 5.71. The Morgan fingerprint density at radius 3 is 2.46 bits per heavy atom. The predicted octanol–water partition coefficient (Wildman–Crippen LogP) is 4.84. The standard InChI is InChI=1S/C17H11Br2F3N2O3S/c18-10-1-3-14(19)13(7-10)15-8-11(25)5-6-24(15)28(26,27)12-2-4-16(23-9-12)17(20,21)22/h1-7,9,15H,8H2. The zero-order chi connectivity index (χ0) is 20.7. The van der Waals surface area contributed by atoms with E-state index >= 15 is 0 Å². The van der Waals surface area contributed by atoms with Gasteiger partial charge in [0.05, 0.1) is 6.04 Å². The van der Waals surface area contributed by atoms with E-state index in [-0.39, 0.29) is 12.2 Å². The minimum atomic E-state index is -4.68. The molecule has 0 spiro atoms. The fourth-order valence-corrected chi connectivity index (χ4v) is 5.00. The summed E-state index contributed by atoms with van der Waals surface area (Å²) in [5.74, 6) is -0.270. The minimum absolute atomic E-state index is 0.112. The first-order chi connectivity index (χ1) is 13.0. The molecule has 1 aromatic heterocycles. The maximum atomic E-state index is 13.0. The monoisotopic (exact) mass is 538 g/mol. The van der Waals surface area contributed by atoms with Crippen LogP contribution in [0.3, 0.4) is 0 Å². The number of allylic oxidation sites excluding steroid dienone is 1. The SMILES string of the molecule is O=C1C=CN(S(=O)(=O)c2ccc(C(F)(F)F)nc2)C(c2cc(Br)ccc2Br)C1. The van der Waals surface area contributed by atoms with Gasteiger partial charge in [-0.1, -0.05) is 31.9 Å². The van der Waals surface area contributed by atoms with Crippen molar-refractivity contribution < 1.29 is 26.4 Å². The van der Waals surface area contributed by atoms with Crippen LogP contribution < -0.4 is 0 Å². The highest BCUT2D eigenvalue weighted by Crippen LogP contribution is 2.38. The van der Waals surface area contributed by atoms with E-state index in [4.69, 9.17) is 0 Å². The van der Waals surface area contributed by atoms with Crippen molar-refractivity contribution in [2.45, 2.75) is 23.5 Å². The van der Waals surface area contributed by atoms with Crippen molar-refractivity contribution in [3.63, 3.8) is 0 Å². The molecule has 1 unspecified atom stereocenters. The molecule has 2 aromatic rings. The van der Waals surface area contributed by atoms with Gasteiger partial charge in [-0.15, -0.1) is 0 Å². The van der Waals surface area contributed by atoms with Crippen molar-refractivity contribution in [3.8, 4) is 0 Å². The van der Waals surface area contributed by atoms with Crippen LogP contribution in [0.2, 0.25) is 0 Å².